The molecular formula is C30H43N7O4. The first-order valence-corrected chi connectivity index (χ1v) is 14.8. The van der Waals surface area contributed by atoms with Crippen molar-refractivity contribution in [1.29, 1.82) is 0 Å². The van der Waals surface area contributed by atoms with Crippen molar-refractivity contribution in [3.8, 4) is 0 Å². The predicted octanol–water partition coefficient (Wildman–Crippen LogP) is 2.09. The van der Waals surface area contributed by atoms with Gasteiger partial charge in [-0.2, -0.15) is 5.10 Å². The summed E-state index contributed by atoms with van der Waals surface area (Å²) in [5.41, 5.74) is 1.91. The number of piperazine rings is 1. The van der Waals surface area contributed by atoms with Gasteiger partial charge in [0.25, 0.3) is 5.91 Å². The van der Waals surface area contributed by atoms with Gasteiger partial charge in [-0.1, -0.05) is 37.8 Å². The van der Waals surface area contributed by atoms with Gasteiger partial charge < -0.3 is 26.2 Å². The van der Waals surface area contributed by atoms with Crippen LogP contribution < -0.4 is 21.3 Å². The van der Waals surface area contributed by atoms with Gasteiger partial charge in [-0.25, -0.2) is 0 Å². The second-order valence-corrected chi connectivity index (χ2v) is 11.0. The topological polar surface area (TPSA) is 137 Å². The van der Waals surface area contributed by atoms with Crippen LogP contribution in [0.15, 0.2) is 36.5 Å². The van der Waals surface area contributed by atoms with Gasteiger partial charge in [0, 0.05) is 58.0 Å². The summed E-state index contributed by atoms with van der Waals surface area (Å²) in [7, 11) is 0. The molecule has 0 radical (unpaired) electrons. The maximum absolute atomic E-state index is 13.6. The SMILES string of the molecule is CCn1nccc1C(=O)NC(C(=O)Nc1ccc(CC(NC(C)=O)C(=O)N2CCNCC2)cc1)C1CCCCCC1. The Morgan fingerprint density at radius 2 is 1.66 bits per heavy atom. The summed E-state index contributed by atoms with van der Waals surface area (Å²) in [6, 6.07) is 7.65. The van der Waals surface area contributed by atoms with Crippen LogP contribution in [-0.2, 0) is 27.3 Å². The highest BCUT2D eigenvalue weighted by Crippen LogP contribution is 2.27. The third-order valence-corrected chi connectivity index (χ3v) is 7.95. The molecule has 1 saturated carbocycles. The molecule has 2 atom stereocenters. The number of carbonyl (C=O) groups is 4. The van der Waals surface area contributed by atoms with Gasteiger partial charge >= 0.3 is 0 Å². The van der Waals surface area contributed by atoms with Gasteiger partial charge in [0.15, 0.2) is 0 Å². The Hall–Kier alpha value is -3.73. The maximum atomic E-state index is 13.6. The second-order valence-electron chi connectivity index (χ2n) is 11.0. The summed E-state index contributed by atoms with van der Waals surface area (Å²) in [5.74, 6) is -0.845. The molecule has 11 nitrogen and oxygen atoms in total. The zero-order chi connectivity index (χ0) is 29.2. The molecule has 1 saturated heterocycles. The van der Waals surface area contributed by atoms with Gasteiger partial charge in [0.2, 0.25) is 17.7 Å². The summed E-state index contributed by atoms with van der Waals surface area (Å²) in [6.45, 7) is 6.58. The molecule has 0 bridgehead atoms. The van der Waals surface area contributed by atoms with E-state index in [0.29, 0.717) is 37.4 Å². The Kier molecular flexibility index (Phi) is 10.9. The maximum Gasteiger partial charge on any atom is 0.270 e. The first kappa shape index (κ1) is 30.2. The predicted molar refractivity (Wildman–Crippen MR) is 156 cm³/mol. The highest BCUT2D eigenvalue weighted by Gasteiger charge is 2.32. The van der Waals surface area contributed by atoms with Gasteiger partial charge in [0.05, 0.1) is 0 Å². The van der Waals surface area contributed by atoms with Crippen LogP contribution in [0.4, 0.5) is 5.69 Å². The van der Waals surface area contributed by atoms with E-state index in [9.17, 15) is 19.2 Å². The van der Waals surface area contributed by atoms with Crippen LogP contribution in [0.2, 0.25) is 0 Å². The molecule has 4 rings (SSSR count). The Labute approximate surface area is 241 Å². The number of aromatic nitrogens is 2. The molecule has 1 aliphatic heterocycles. The summed E-state index contributed by atoms with van der Waals surface area (Å²) in [4.78, 5) is 53.5. The van der Waals surface area contributed by atoms with Crippen LogP contribution >= 0.6 is 0 Å². The Balaban J connectivity index is 1.44. The number of hydrogen-bond acceptors (Lipinski definition) is 6. The molecule has 2 unspecified atom stereocenters. The number of carbonyl (C=O) groups excluding carboxylic acids is 4. The molecule has 4 N–H and O–H groups in total. The van der Waals surface area contributed by atoms with Crippen molar-refractivity contribution in [1.82, 2.24) is 30.6 Å². The largest absolute Gasteiger partial charge is 0.344 e. The van der Waals surface area contributed by atoms with Crippen LogP contribution in [-0.4, -0.2) is 76.6 Å². The molecule has 2 aromatic rings. The minimum absolute atomic E-state index is 0.0492. The zero-order valence-corrected chi connectivity index (χ0v) is 24.2. The molecule has 4 amide bonds. The van der Waals surface area contributed by atoms with Gasteiger partial charge in [-0.3, -0.25) is 23.9 Å². The second kappa shape index (κ2) is 14.8. The van der Waals surface area contributed by atoms with Crippen LogP contribution in [0.5, 0.6) is 0 Å². The Morgan fingerprint density at radius 3 is 2.29 bits per heavy atom. The van der Waals surface area contributed by atoms with Crippen molar-refractivity contribution in [2.24, 2.45) is 5.92 Å². The summed E-state index contributed by atoms with van der Waals surface area (Å²) < 4.78 is 1.62. The van der Waals surface area contributed by atoms with E-state index in [2.05, 4.69) is 26.4 Å². The lowest BCUT2D eigenvalue weighted by atomic mass is 9.91. The van der Waals surface area contributed by atoms with E-state index in [1.807, 2.05) is 19.1 Å². The normalized spacial score (nSPS) is 17.7. The van der Waals surface area contributed by atoms with Crippen LogP contribution in [0, 0.1) is 5.92 Å². The van der Waals surface area contributed by atoms with E-state index in [4.69, 9.17) is 0 Å². The molecular weight excluding hydrogens is 522 g/mol. The molecule has 2 fully saturated rings. The average molecular weight is 566 g/mol. The fourth-order valence-electron chi connectivity index (χ4n) is 5.77. The molecule has 222 valence electrons. The van der Waals surface area contributed by atoms with E-state index in [0.717, 1.165) is 57.2 Å². The summed E-state index contributed by atoms with van der Waals surface area (Å²) >= 11 is 0. The number of aryl methyl sites for hydroxylation is 1. The van der Waals surface area contributed by atoms with Crippen molar-refractivity contribution < 1.29 is 19.2 Å². The average Bonchev–Trinajstić information content (AvgIpc) is 3.30. The number of benzene rings is 1. The number of nitrogens with zero attached hydrogens (tertiary/aromatic N) is 3. The minimum atomic E-state index is -0.665. The first-order chi connectivity index (χ1) is 19.9. The fourth-order valence-corrected chi connectivity index (χ4v) is 5.77. The third kappa shape index (κ3) is 8.39. The van der Waals surface area contributed by atoms with E-state index >= 15 is 0 Å². The summed E-state index contributed by atoms with van der Waals surface area (Å²) in [6.07, 6.45) is 8.06. The van der Waals surface area contributed by atoms with Crippen molar-refractivity contribution in [2.75, 3.05) is 31.5 Å². The van der Waals surface area contributed by atoms with Crippen molar-refractivity contribution in [2.45, 2.75) is 77.4 Å². The molecule has 1 aromatic heterocycles. The lowest BCUT2D eigenvalue weighted by Crippen LogP contribution is -2.54. The fraction of sp³-hybridized carbons (Fsp3) is 0.567. The highest BCUT2D eigenvalue weighted by molar-refractivity contribution is 6.00. The van der Waals surface area contributed by atoms with Crippen LogP contribution in [0.1, 0.15) is 68.4 Å². The van der Waals surface area contributed by atoms with Gasteiger partial charge in [-0.15, -0.1) is 0 Å². The molecule has 11 heteroatoms. The lowest BCUT2D eigenvalue weighted by Gasteiger charge is -2.31. The number of anilines is 1. The van der Waals surface area contributed by atoms with E-state index in [1.54, 1.807) is 34.0 Å². The highest BCUT2D eigenvalue weighted by atomic mass is 16.2. The third-order valence-electron chi connectivity index (χ3n) is 7.95. The minimum Gasteiger partial charge on any atom is -0.344 e. The number of rotatable bonds is 10. The zero-order valence-electron chi connectivity index (χ0n) is 24.2. The molecule has 2 heterocycles. The smallest absolute Gasteiger partial charge is 0.270 e. The number of amides is 4. The van der Waals surface area contributed by atoms with E-state index in [1.165, 1.54) is 6.92 Å². The number of hydrogen-bond donors (Lipinski definition) is 4. The van der Waals surface area contributed by atoms with Gasteiger partial charge in [-0.05, 0) is 49.4 Å². The molecule has 41 heavy (non-hydrogen) atoms. The monoisotopic (exact) mass is 565 g/mol. The van der Waals surface area contributed by atoms with E-state index < -0.39 is 12.1 Å². The van der Waals surface area contributed by atoms with Crippen molar-refractivity contribution in [3.63, 3.8) is 0 Å². The Bertz CT molecular complexity index is 1180. The van der Waals surface area contributed by atoms with Crippen LogP contribution in [0.3, 0.4) is 0 Å². The molecule has 2 aliphatic rings. The van der Waals surface area contributed by atoms with Crippen molar-refractivity contribution in [3.05, 3.63) is 47.8 Å². The lowest BCUT2D eigenvalue weighted by molar-refractivity contribution is -0.136. The first-order valence-electron chi connectivity index (χ1n) is 14.8. The molecule has 0 spiro atoms. The number of nitrogens with one attached hydrogen (secondary N) is 4. The van der Waals surface area contributed by atoms with Crippen molar-refractivity contribution >= 4 is 29.3 Å². The summed E-state index contributed by atoms with van der Waals surface area (Å²) in [5, 5.41) is 16.2. The van der Waals surface area contributed by atoms with Crippen LogP contribution in [0.25, 0.3) is 0 Å². The standard InChI is InChI=1S/C30H43N7O4/c1-3-37-26(14-15-32-37)28(39)35-27(23-8-6-4-5-7-9-23)29(40)34-24-12-10-22(11-13-24)20-25(33-21(2)38)30(41)36-18-16-31-17-19-36/h10-15,23,25,27,31H,3-9,16-20H2,1-2H3,(H,33,38)(H,34,40)(H,35,39). The van der Waals surface area contributed by atoms with E-state index in [-0.39, 0.29) is 29.5 Å². The molecule has 1 aliphatic carbocycles. The molecule has 1 aromatic carbocycles. The quantitative estimate of drug-likeness (QED) is 0.326. The Morgan fingerprint density at radius 1 is 0.976 bits per heavy atom. The van der Waals surface area contributed by atoms with Gasteiger partial charge in [0.1, 0.15) is 17.8 Å².